The van der Waals surface area contributed by atoms with Crippen molar-refractivity contribution < 1.29 is 9.53 Å². The topological polar surface area (TPSA) is 99.7 Å². The number of H-pyrrole nitrogens is 1. The van der Waals surface area contributed by atoms with Gasteiger partial charge < -0.3 is 24.8 Å². The molecule has 0 radical (unpaired) electrons. The van der Waals surface area contributed by atoms with Gasteiger partial charge in [-0.05, 0) is 50.3 Å². The van der Waals surface area contributed by atoms with Crippen LogP contribution in [-0.2, 0) is 0 Å². The molecule has 3 aromatic rings. The summed E-state index contributed by atoms with van der Waals surface area (Å²) in [7, 11) is 3.61. The normalized spacial score (nSPS) is 15.0. The van der Waals surface area contributed by atoms with E-state index in [9.17, 15) is 14.4 Å². The van der Waals surface area contributed by atoms with E-state index in [0.29, 0.717) is 34.4 Å². The summed E-state index contributed by atoms with van der Waals surface area (Å²) >= 11 is 0. The number of amides is 1. The van der Waals surface area contributed by atoms with Crippen molar-refractivity contribution in [3.05, 3.63) is 68.9 Å². The van der Waals surface area contributed by atoms with Crippen molar-refractivity contribution in [1.29, 1.82) is 0 Å². The van der Waals surface area contributed by atoms with Gasteiger partial charge in [-0.3, -0.25) is 9.59 Å². The molecule has 33 heavy (non-hydrogen) atoms. The smallest absolute Gasteiger partial charge is 0.333 e. The summed E-state index contributed by atoms with van der Waals surface area (Å²) in [5.41, 5.74) is 0.00265. The maximum atomic E-state index is 13.1. The van der Waals surface area contributed by atoms with Crippen LogP contribution in [0.25, 0.3) is 16.6 Å². The predicted octanol–water partition coefficient (Wildman–Crippen LogP) is 1.05. The number of nitrogens with one attached hydrogen (secondary N) is 2. The second-order valence-electron chi connectivity index (χ2n) is 8.26. The molecule has 2 N–H and O–H groups in total. The third kappa shape index (κ3) is 4.99. The van der Waals surface area contributed by atoms with Gasteiger partial charge in [0.1, 0.15) is 5.75 Å². The minimum atomic E-state index is -0.596. The summed E-state index contributed by atoms with van der Waals surface area (Å²) in [6.07, 6.45) is 0.865. The molecule has 1 fully saturated rings. The predicted molar refractivity (Wildman–Crippen MR) is 128 cm³/mol. The van der Waals surface area contributed by atoms with E-state index < -0.39 is 11.2 Å². The first-order valence-electron chi connectivity index (χ1n) is 11.1. The Bertz CT molecular complexity index is 1260. The maximum Gasteiger partial charge on any atom is 0.333 e. The number of ether oxygens (including phenoxy) is 1. The van der Waals surface area contributed by atoms with Crippen LogP contribution in [-0.4, -0.2) is 78.7 Å². The number of hydrogen-bond acceptors (Lipinski definition) is 6. The first-order chi connectivity index (χ1) is 16.0. The number of piperazine rings is 1. The van der Waals surface area contributed by atoms with E-state index in [1.807, 2.05) is 0 Å². The standard InChI is InChI=1S/C24H29N5O4/c1-27-12-14-28(15-13-27)11-5-10-25-22(30)17-8-9-18-19(16-17)26-24(32)29(23(18)31)20-6-3-4-7-21(20)33-2/h3-4,6-9,16H,5,10-15H2,1-2H3,(H,25,30)(H,26,32). The van der Waals surface area contributed by atoms with Crippen molar-refractivity contribution in [3.63, 3.8) is 0 Å². The highest BCUT2D eigenvalue weighted by Crippen LogP contribution is 2.20. The van der Waals surface area contributed by atoms with Crippen molar-refractivity contribution in [2.24, 2.45) is 0 Å². The molecule has 1 amide bonds. The molecule has 0 aliphatic carbocycles. The molecular formula is C24H29N5O4. The third-order valence-corrected chi connectivity index (χ3v) is 6.02. The molecule has 2 heterocycles. The lowest BCUT2D eigenvalue weighted by molar-refractivity contribution is 0.0949. The Morgan fingerprint density at radius 2 is 1.85 bits per heavy atom. The lowest BCUT2D eigenvalue weighted by Gasteiger charge is -2.32. The number of rotatable bonds is 7. The molecule has 0 spiro atoms. The van der Waals surface area contributed by atoms with Crippen LogP contribution in [0.3, 0.4) is 0 Å². The van der Waals surface area contributed by atoms with Gasteiger partial charge in [0.05, 0.1) is 23.7 Å². The SMILES string of the molecule is COc1ccccc1-n1c(=O)[nH]c2cc(C(=O)NCCCN3CCN(C)CC3)ccc2c1=O. The summed E-state index contributed by atoms with van der Waals surface area (Å²) < 4.78 is 6.33. The molecule has 174 valence electrons. The van der Waals surface area contributed by atoms with Gasteiger partial charge in [-0.15, -0.1) is 0 Å². The first kappa shape index (κ1) is 22.8. The van der Waals surface area contributed by atoms with Gasteiger partial charge in [0.15, 0.2) is 0 Å². The molecule has 4 rings (SSSR count). The van der Waals surface area contributed by atoms with E-state index >= 15 is 0 Å². The number of aromatic amines is 1. The highest BCUT2D eigenvalue weighted by Gasteiger charge is 2.16. The van der Waals surface area contributed by atoms with E-state index in [0.717, 1.165) is 43.7 Å². The number of carbonyl (C=O) groups is 1. The van der Waals surface area contributed by atoms with Gasteiger partial charge in [0.25, 0.3) is 11.5 Å². The molecule has 1 aromatic heterocycles. The van der Waals surface area contributed by atoms with Crippen LogP contribution in [0.4, 0.5) is 0 Å². The van der Waals surface area contributed by atoms with Gasteiger partial charge in [-0.1, -0.05) is 12.1 Å². The number of aromatic nitrogens is 2. The number of para-hydroxylation sites is 2. The van der Waals surface area contributed by atoms with E-state index in [1.165, 1.54) is 7.11 Å². The molecule has 0 saturated carbocycles. The molecule has 0 unspecified atom stereocenters. The van der Waals surface area contributed by atoms with Gasteiger partial charge in [-0.2, -0.15) is 0 Å². The highest BCUT2D eigenvalue weighted by molar-refractivity contribution is 5.97. The van der Waals surface area contributed by atoms with Crippen LogP contribution in [0.2, 0.25) is 0 Å². The minimum Gasteiger partial charge on any atom is -0.495 e. The third-order valence-electron chi connectivity index (χ3n) is 6.02. The Labute approximate surface area is 191 Å². The summed E-state index contributed by atoms with van der Waals surface area (Å²) in [5.74, 6) is 0.182. The Balaban J connectivity index is 1.47. The van der Waals surface area contributed by atoms with Crippen molar-refractivity contribution in [1.82, 2.24) is 24.7 Å². The Morgan fingerprint density at radius 3 is 2.61 bits per heavy atom. The Hall–Kier alpha value is -3.43. The molecule has 9 nitrogen and oxygen atoms in total. The molecule has 9 heteroatoms. The number of hydrogen-bond donors (Lipinski definition) is 2. The number of carbonyl (C=O) groups excluding carboxylic acids is 1. The van der Waals surface area contributed by atoms with Crippen LogP contribution in [0.5, 0.6) is 5.75 Å². The van der Waals surface area contributed by atoms with E-state index in [4.69, 9.17) is 4.74 Å². The largest absolute Gasteiger partial charge is 0.495 e. The average molecular weight is 452 g/mol. The summed E-state index contributed by atoms with van der Waals surface area (Å²) in [4.78, 5) is 45.8. The lowest BCUT2D eigenvalue weighted by Crippen LogP contribution is -2.45. The number of likely N-dealkylation sites (N-methyl/N-ethyl adjacent to an activating group) is 1. The monoisotopic (exact) mass is 451 g/mol. The van der Waals surface area contributed by atoms with Crippen molar-refractivity contribution in [2.45, 2.75) is 6.42 Å². The van der Waals surface area contributed by atoms with Gasteiger partial charge in [-0.25, -0.2) is 9.36 Å². The summed E-state index contributed by atoms with van der Waals surface area (Å²) in [6, 6.07) is 11.5. The Kier molecular flexibility index (Phi) is 6.90. The Morgan fingerprint density at radius 1 is 1.09 bits per heavy atom. The average Bonchev–Trinajstić information content (AvgIpc) is 2.82. The quantitative estimate of drug-likeness (QED) is 0.521. The zero-order chi connectivity index (χ0) is 23.4. The fourth-order valence-electron chi connectivity index (χ4n) is 4.07. The molecule has 1 aliphatic rings. The van der Waals surface area contributed by atoms with Gasteiger partial charge >= 0.3 is 5.69 Å². The summed E-state index contributed by atoms with van der Waals surface area (Å²) in [6.45, 7) is 5.75. The maximum absolute atomic E-state index is 13.1. The fourth-order valence-corrected chi connectivity index (χ4v) is 4.07. The number of methoxy groups -OCH3 is 1. The number of benzene rings is 2. The molecule has 1 saturated heterocycles. The second kappa shape index (κ2) is 10.0. The van der Waals surface area contributed by atoms with Crippen LogP contribution in [0, 0.1) is 0 Å². The van der Waals surface area contributed by atoms with Crippen molar-refractivity contribution in [3.8, 4) is 11.4 Å². The minimum absolute atomic E-state index is 0.231. The van der Waals surface area contributed by atoms with Gasteiger partial charge in [0.2, 0.25) is 0 Å². The van der Waals surface area contributed by atoms with Gasteiger partial charge in [0, 0.05) is 38.3 Å². The van der Waals surface area contributed by atoms with Crippen molar-refractivity contribution >= 4 is 16.8 Å². The van der Waals surface area contributed by atoms with Crippen LogP contribution >= 0.6 is 0 Å². The van der Waals surface area contributed by atoms with Crippen LogP contribution in [0.1, 0.15) is 16.8 Å². The van der Waals surface area contributed by atoms with Crippen molar-refractivity contribution in [2.75, 3.05) is 53.4 Å². The van der Waals surface area contributed by atoms with Crippen LogP contribution in [0.15, 0.2) is 52.1 Å². The molecule has 0 bridgehead atoms. The number of fused-ring (bicyclic) bond motifs is 1. The van der Waals surface area contributed by atoms with E-state index in [-0.39, 0.29) is 5.91 Å². The second-order valence-corrected chi connectivity index (χ2v) is 8.26. The van der Waals surface area contributed by atoms with Crippen LogP contribution < -0.4 is 21.3 Å². The number of nitrogens with zero attached hydrogens (tertiary/aromatic N) is 3. The zero-order valence-corrected chi connectivity index (χ0v) is 19.0. The molecule has 1 aliphatic heterocycles. The fraction of sp³-hybridized carbons (Fsp3) is 0.375. The molecule has 0 atom stereocenters. The van der Waals surface area contributed by atoms with E-state index in [1.54, 1.807) is 42.5 Å². The molecule has 2 aromatic carbocycles. The molecular weight excluding hydrogens is 422 g/mol. The lowest BCUT2D eigenvalue weighted by atomic mass is 10.1. The summed E-state index contributed by atoms with van der Waals surface area (Å²) in [5, 5.41) is 3.24. The zero-order valence-electron chi connectivity index (χ0n) is 19.0. The highest BCUT2D eigenvalue weighted by atomic mass is 16.5. The first-order valence-corrected chi connectivity index (χ1v) is 11.1. The van der Waals surface area contributed by atoms with E-state index in [2.05, 4.69) is 27.1 Å².